The van der Waals surface area contributed by atoms with Crippen molar-refractivity contribution >= 4 is 76.2 Å². The van der Waals surface area contributed by atoms with Gasteiger partial charge in [0.2, 0.25) is 5.71 Å². The molecule has 0 saturated heterocycles. The predicted molar refractivity (Wildman–Crippen MR) is 207 cm³/mol. The van der Waals surface area contributed by atoms with E-state index in [0.717, 1.165) is 60.7 Å². The fourth-order valence-electron chi connectivity index (χ4n) is 8.02. The molecule has 3 heterocycles. The van der Waals surface area contributed by atoms with Gasteiger partial charge < -0.3 is 8.98 Å². The monoisotopic (exact) mass is 637 g/mol. The van der Waals surface area contributed by atoms with Gasteiger partial charge in [-0.2, -0.15) is 4.98 Å². The van der Waals surface area contributed by atoms with Crippen LogP contribution in [0, 0.1) is 0 Å². The van der Waals surface area contributed by atoms with E-state index >= 15 is 0 Å². The van der Waals surface area contributed by atoms with Crippen molar-refractivity contribution in [3.63, 3.8) is 0 Å². The van der Waals surface area contributed by atoms with E-state index in [-0.39, 0.29) is 0 Å². The molecular formula is C46H27N3O. The Morgan fingerprint density at radius 3 is 1.66 bits per heavy atom. The first-order valence-corrected chi connectivity index (χ1v) is 16.9. The van der Waals surface area contributed by atoms with E-state index in [2.05, 4.69) is 132 Å². The van der Waals surface area contributed by atoms with E-state index in [1.54, 1.807) is 0 Å². The molecule has 50 heavy (non-hydrogen) atoms. The Morgan fingerprint density at radius 1 is 0.400 bits per heavy atom. The lowest BCUT2D eigenvalue weighted by Crippen LogP contribution is -1.94. The van der Waals surface area contributed by atoms with Crippen molar-refractivity contribution < 1.29 is 4.42 Å². The van der Waals surface area contributed by atoms with Crippen LogP contribution in [0.4, 0.5) is 0 Å². The molecule has 0 aliphatic carbocycles. The lowest BCUT2D eigenvalue weighted by atomic mass is 9.94. The minimum absolute atomic E-state index is 0.584. The Labute approximate surface area is 286 Å². The van der Waals surface area contributed by atoms with E-state index in [0.29, 0.717) is 11.5 Å². The minimum atomic E-state index is 0.584. The van der Waals surface area contributed by atoms with Crippen molar-refractivity contribution in [3.05, 3.63) is 164 Å². The summed E-state index contributed by atoms with van der Waals surface area (Å²) in [5, 5.41) is 11.7. The third kappa shape index (κ3) is 3.81. The van der Waals surface area contributed by atoms with Crippen LogP contribution in [-0.2, 0) is 0 Å². The van der Waals surface area contributed by atoms with E-state index < -0.39 is 0 Å². The van der Waals surface area contributed by atoms with Gasteiger partial charge in [-0.25, -0.2) is 4.98 Å². The summed E-state index contributed by atoms with van der Waals surface area (Å²) in [5.74, 6) is 0.644. The summed E-state index contributed by atoms with van der Waals surface area (Å²) in [6, 6.07) is 57.9. The van der Waals surface area contributed by atoms with Crippen LogP contribution in [0.5, 0.6) is 0 Å². The molecule has 0 spiro atoms. The van der Waals surface area contributed by atoms with Crippen LogP contribution in [-0.4, -0.2) is 14.5 Å². The van der Waals surface area contributed by atoms with Crippen molar-refractivity contribution in [3.8, 4) is 28.3 Å². The quantitative estimate of drug-likeness (QED) is 0.181. The zero-order valence-corrected chi connectivity index (χ0v) is 26.8. The fourth-order valence-corrected chi connectivity index (χ4v) is 8.02. The highest BCUT2D eigenvalue weighted by molar-refractivity contribution is 6.27. The van der Waals surface area contributed by atoms with E-state index in [4.69, 9.17) is 14.4 Å². The number of aromatic nitrogens is 3. The number of rotatable bonds is 3. The Kier molecular flexibility index (Phi) is 5.63. The van der Waals surface area contributed by atoms with Gasteiger partial charge in [0.15, 0.2) is 5.82 Å². The first kappa shape index (κ1) is 27.2. The highest BCUT2D eigenvalue weighted by Crippen LogP contribution is 2.44. The molecule has 11 rings (SSSR count). The molecule has 0 fully saturated rings. The molecule has 4 nitrogen and oxygen atoms in total. The first-order valence-electron chi connectivity index (χ1n) is 16.9. The second-order valence-corrected chi connectivity index (χ2v) is 12.9. The van der Waals surface area contributed by atoms with Gasteiger partial charge in [0.25, 0.3) is 0 Å². The summed E-state index contributed by atoms with van der Waals surface area (Å²) in [7, 11) is 0. The maximum absolute atomic E-state index is 6.86. The van der Waals surface area contributed by atoms with Crippen LogP contribution >= 0.6 is 0 Å². The summed E-state index contributed by atoms with van der Waals surface area (Å²) in [6.07, 6.45) is 0. The molecule has 0 N–H and O–H groups in total. The molecule has 0 atom stereocenters. The average molecular weight is 638 g/mol. The van der Waals surface area contributed by atoms with Gasteiger partial charge in [0, 0.05) is 27.6 Å². The topological polar surface area (TPSA) is 43.9 Å². The number of benzene rings is 8. The minimum Gasteiger partial charge on any atom is -0.437 e. The van der Waals surface area contributed by atoms with Crippen LogP contribution in [0.25, 0.3) is 105 Å². The Hall–Kier alpha value is -6.78. The molecule has 0 amide bonds. The largest absolute Gasteiger partial charge is 0.437 e. The Balaban J connectivity index is 1.23. The molecule has 4 heteroatoms. The molecule has 0 aliphatic rings. The highest BCUT2D eigenvalue weighted by Gasteiger charge is 2.23. The Bertz CT molecular complexity index is 3100. The average Bonchev–Trinajstić information content (AvgIpc) is 3.74. The zero-order valence-electron chi connectivity index (χ0n) is 26.8. The lowest BCUT2D eigenvalue weighted by Gasteiger charge is -2.13. The smallest absolute Gasteiger partial charge is 0.231 e. The third-order valence-corrected chi connectivity index (χ3v) is 10.2. The lowest BCUT2D eigenvalue weighted by molar-refractivity contribution is 0.657. The van der Waals surface area contributed by atoms with E-state index in [9.17, 15) is 0 Å². The van der Waals surface area contributed by atoms with Gasteiger partial charge in [-0.3, -0.25) is 0 Å². The van der Waals surface area contributed by atoms with Crippen molar-refractivity contribution in [1.82, 2.24) is 14.5 Å². The van der Waals surface area contributed by atoms with Gasteiger partial charge in [0.05, 0.1) is 27.5 Å². The molecule has 0 unspecified atom stereocenters. The van der Waals surface area contributed by atoms with E-state index in [1.165, 1.54) is 32.3 Å². The summed E-state index contributed by atoms with van der Waals surface area (Å²) >= 11 is 0. The molecule has 232 valence electrons. The van der Waals surface area contributed by atoms with Crippen molar-refractivity contribution in [1.29, 1.82) is 0 Å². The van der Waals surface area contributed by atoms with E-state index in [1.807, 2.05) is 36.4 Å². The molecule has 0 bridgehead atoms. The second-order valence-electron chi connectivity index (χ2n) is 12.9. The van der Waals surface area contributed by atoms with Crippen molar-refractivity contribution in [2.45, 2.75) is 0 Å². The second kappa shape index (κ2) is 10.4. The highest BCUT2D eigenvalue weighted by atomic mass is 16.3. The van der Waals surface area contributed by atoms with Crippen LogP contribution in [0.15, 0.2) is 168 Å². The SMILES string of the molecule is c1ccc(-c2nc(-c3ccccc3)c3c(n2)oc2c3ccc3c2c2ccccc2n3-c2ccc3c4ccccc4c4ccccc4c3c2)cc1. The van der Waals surface area contributed by atoms with Crippen LogP contribution in [0.2, 0.25) is 0 Å². The molecule has 8 aromatic carbocycles. The van der Waals surface area contributed by atoms with Crippen molar-refractivity contribution in [2.75, 3.05) is 0 Å². The van der Waals surface area contributed by atoms with Crippen molar-refractivity contribution in [2.24, 2.45) is 0 Å². The van der Waals surface area contributed by atoms with Crippen LogP contribution < -0.4 is 0 Å². The first-order chi connectivity index (χ1) is 24.8. The predicted octanol–water partition coefficient (Wildman–Crippen LogP) is 12.3. The van der Waals surface area contributed by atoms with Gasteiger partial charge in [-0.1, -0.05) is 133 Å². The maximum Gasteiger partial charge on any atom is 0.231 e. The van der Waals surface area contributed by atoms with Crippen LogP contribution in [0.1, 0.15) is 0 Å². The third-order valence-electron chi connectivity index (χ3n) is 10.2. The maximum atomic E-state index is 6.86. The summed E-state index contributed by atoms with van der Waals surface area (Å²) in [5.41, 5.74) is 7.56. The summed E-state index contributed by atoms with van der Waals surface area (Å²) in [4.78, 5) is 10.2. The summed E-state index contributed by atoms with van der Waals surface area (Å²) in [6.45, 7) is 0. The molecular weight excluding hydrogens is 611 g/mol. The van der Waals surface area contributed by atoms with Gasteiger partial charge >= 0.3 is 0 Å². The molecule has 0 aliphatic heterocycles. The molecule has 3 aromatic heterocycles. The number of para-hydroxylation sites is 1. The standard InChI is InChI=1S/C46H27N3O/c1-3-13-28(14-4-1)43-42-37-25-26-40-41(44(37)50-46(42)48-45(47-43)29-15-5-2-6-16-29)36-21-11-12-22-39(36)49(40)30-23-24-35-33-19-8-7-17-31(33)32-18-9-10-20-34(32)38(35)27-30/h1-27H. The molecule has 0 saturated carbocycles. The molecule has 11 aromatic rings. The summed E-state index contributed by atoms with van der Waals surface area (Å²) < 4.78 is 9.23. The number of furan rings is 1. The molecule has 0 radical (unpaired) electrons. The zero-order chi connectivity index (χ0) is 32.8. The van der Waals surface area contributed by atoms with Gasteiger partial charge in [-0.05, 0) is 62.6 Å². The fraction of sp³-hybridized carbons (Fsp3) is 0. The van der Waals surface area contributed by atoms with Gasteiger partial charge in [-0.15, -0.1) is 0 Å². The number of nitrogens with zero attached hydrogens (tertiary/aromatic N) is 3. The number of hydrogen-bond acceptors (Lipinski definition) is 3. The number of hydrogen-bond donors (Lipinski definition) is 0. The van der Waals surface area contributed by atoms with Gasteiger partial charge in [0.1, 0.15) is 5.58 Å². The van der Waals surface area contributed by atoms with Crippen LogP contribution in [0.3, 0.4) is 0 Å². The Morgan fingerprint density at radius 2 is 0.960 bits per heavy atom. The normalized spacial score (nSPS) is 12.0. The number of fused-ring (bicyclic) bond motifs is 13.